The van der Waals surface area contributed by atoms with Crippen LogP contribution >= 0.6 is 11.3 Å². The summed E-state index contributed by atoms with van der Waals surface area (Å²) in [6.45, 7) is 2.14. The Morgan fingerprint density at radius 3 is 2.86 bits per heavy atom. The van der Waals surface area contributed by atoms with Crippen LogP contribution in [0.15, 0.2) is 41.9 Å². The molecule has 43 heavy (non-hydrogen) atoms. The standard InChI is InChI=1S/C31H36N6O5S/c1-18-17-43-25-24(18)34-26(22-12-8-9-13-33-22)35-28(25)42-20-14-23-27(38)36-31(30(40)41-2)15-19(31)10-6-4-3-5-7-11-21(32)29(39)37(23)16-20/h6,8-10,12-13,17,19-21,23H,3-5,7,11,14-16,32H2,1-2H3,(H,36,38)/b10-6-/t19-,20+,21-,23-,31+/m0/s1. The number of aromatic nitrogens is 3. The number of allylic oxidation sites excluding steroid dienone is 1. The van der Waals surface area contributed by atoms with Gasteiger partial charge in [-0.3, -0.25) is 14.6 Å². The van der Waals surface area contributed by atoms with E-state index in [1.807, 2.05) is 36.6 Å². The third kappa shape index (κ3) is 5.73. The third-order valence-electron chi connectivity index (χ3n) is 8.56. The second-order valence-corrected chi connectivity index (χ2v) is 12.5. The van der Waals surface area contributed by atoms with Gasteiger partial charge in [-0.2, -0.15) is 4.98 Å². The van der Waals surface area contributed by atoms with E-state index in [1.165, 1.54) is 23.3 Å². The molecule has 0 bridgehead atoms. The topological polar surface area (TPSA) is 150 Å². The highest BCUT2D eigenvalue weighted by molar-refractivity contribution is 7.17. The zero-order valence-electron chi connectivity index (χ0n) is 24.3. The molecule has 5 atom stereocenters. The summed E-state index contributed by atoms with van der Waals surface area (Å²) >= 11 is 1.48. The van der Waals surface area contributed by atoms with Crippen molar-refractivity contribution in [1.29, 1.82) is 0 Å². The smallest absolute Gasteiger partial charge is 0.332 e. The second-order valence-electron chi connectivity index (χ2n) is 11.6. The second kappa shape index (κ2) is 12.0. The molecular weight excluding hydrogens is 568 g/mol. The highest BCUT2D eigenvalue weighted by Crippen LogP contribution is 2.46. The Balaban J connectivity index is 1.30. The van der Waals surface area contributed by atoms with Gasteiger partial charge in [-0.1, -0.05) is 31.1 Å². The number of amides is 2. The first-order valence-electron chi connectivity index (χ1n) is 14.8. The lowest BCUT2D eigenvalue weighted by Gasteiger charge is -2.28. The number of carbonyl (C=O) groups is 3. The van der Waals surface area contributed by atoms with E-state index < -0.39 is 35.6 Å². The molecule has 11 nitrogen and oxygen atoms in total. The average Bonchev–Trinajstić information content (AvgIpc) is 3.33. The monoisotopic (exact) mass is 604 g/mol. The zero-order chi connectivity index (χ0) is 30.1. The lowest BCUT2D eigenvalue weighted by atomic mass is 10.1. The fraction of sp³-hybridized carbons (Fsp3) is 0.484. The van der Waals surface area contributed by atoms with Crippen LogP contribution in [0.25, 0.3) is 21.7 Å². The van der Waals surface area contributed by atoms with Crippen molar-refractivity contribution >= 4 is 39.3 Å². The van der Waals surface area contributed by atoms with Crippen LogP contribution in [0, 0.1) is 12.8 Å². The van der Waals surface area contributed by atoms with Crippen molar-refractivity contribution in [1.82, 2.24) is 25.2 Å². The molecule has 3 N–H and O–H groups in total. The number of thiophene rings is 1. The summed E-state index contributed by atoms with van der Waals surface area (Å²) in [6, 6.07) is 3.93. The highest BCUT2D eigenvalue weighted by atomic mass is 32.1. The fourth-order valence-electron chi connectivity index (χ4n) is 6.06. The zero-order valence-corrected chi connectivity index (χ0v) is 25.1. The Bertz CT molecular complexity index is 1560. The van der Waals surface area contributed by atoms with Crippen molar-refractivity contribution in [2.45, 2.75) is 75.6 Å². The molecule has 3 aliphatic rings. The molecule has 1 saturated carbocycles. The number of pyridine rings is 1. The number of methoxy groups -OCH3 is 1. The number of hydrogen-bond donors (Lipinski definition) is 2. The maximum Gasteiger partial charge on any atom is 0.332 e. The van der Waals surface area contributed by atoms with E-state index in [-0.39, 0.29) is 24.8 Å². The van der Waals surface area contributed by atoms with Crippen LogP contribution in [0.1, 0.15) is 50.5 Å². The molecule has 2 amide bonds. The normalized spacial score (nSPS) is 28.7. The Labute approximate surface area is 253 Å². The SMILES string of the molecule is COC(=O)[C@@]12C[C@@H]1/C=C\CCCCC[C@H](N)C(=O)N1C[C@H](Oc3nc(-c4ccccn4)nc4c(C)csc34)C[C@H]1C(=O)N2. The average molecular weight is 605 g/mol. The minimum absolute atomic E-state index is 0.157. The van der Waals surface area contributed by atoms with Crippen LogP contribution in [0.5, 0.6) is 5.88 Å². The Morgan fingerprint density at radius 2 is 2.07 bits per heavy atom. The molecule has 0 unspecified atom stereocenters. The molecule has 12 heteroatoms. The van der Waals surface area contributed by atoms with Gasteiger partial charge in [0.05, 0.1) is 25.2 Å². The molecule has 0 spiro atoms. The van der Waals surface area contributed by atoms with Gasteiger partial charge in [0, 0.05) is 18.5 Å². The minimum Gasteiger partial charge on any atom is -0.471 e. The maximum absolute atomic E-state index is 13.8. The van der Waals surface area contributed by atoms with Gasteiger partial charge in [0.2, 0.25) is 17.7 Å². The number of ether oxygens (including phenoxy) is 2. The van der Waals surface area contributed by atoms with Crippen LogP contribution < -0.4 is 15.8 Å². The summed E-state index contributed by atoms with van der Waals surface area (Å²) in [7, 11) is 1.32. The summed E-state index contributed by atoms with van der Waals surface area (Å²) in [4.78, 5) is 55.7. The third-order valence-corrected chi connectivity index (χ3v) is 9.64. The molecule has 2 aliphatic heterocycles. The number of nitrogens with two attached hydrogens (primary N) is 1. The molecule has 1 aliphatic carbocycles. The van der Waals surface area contributed by atoms with E-state index in [0.717, 1.165) is 41.5 Å². The van der Waals surface area contributed by atoms with Crippen LogP contribution in [-0.4, -0.2) is 75.0 Å². The summed E-state index contributed by atoms with van der Waals surface area (Å²) in [5.74, 6) is -0.549. The molecule has 0 radical (unpaired) electrons. The number of nitrogens with zero attached hydrogens (tertiary/aromatic N) is 4. The maximum atomic E-state index is 13.8. The Hall–Kier alpha value is -3.90. The van der Waals surface area contributed by atoms with Crippen molar-refractivity contribution < 1.29 is 23.9 Å². The van der Waals surface area contributed by atoms with E-state index >= 15 is 0 Å². The highest BCUT2D eigenvalue weighted by Gasteiger charge is 2.62. The van der Waals surface area contributed by atoms with Crippen molar-refractivity contribution in [3.8, 4) is 17.4 Å². The van der Waals surface area contributed by atoms with E-state index in [9.17, 15) is 14.4 Å². The fourth-order valence-corrected chi connectivity index (χ4v) is 6.98. The number of hydrogen-bond acceptors (Lipinski definition) is 10. The van der Waals surface area contributed by atoms with Crippen LogP contribution in [-0.2, 0) is 19.1 Å². The van der Waals surface area contributed by atoms with Gasteiger partial charge in [-0.15, -0.1) is 11.3 Å². The van der Waals surface area contributed by atoms with E-state index in [2.05, 4.69) is 16.4 Å². The first-order valence-corrected chi connectivity index (χ1v) is 15.7. The summed E-state index contributed by atoms with van der Waals surface area (Å²) in [5, 5.41) is 4.95. The van der Waals surface area contributed by atoms with Crippen LogP contribution in [0.3, 0.4) is 0 Å². The Kier molecular flexibility index (Phi) is 8.15. The summed E-state index contributed by atoms with van der Waals surface area (Å²) < 4.78 is 12.3. The van der Waals surface area contributed by atoms with E-state index in [4.69, 9.17) is 25.2 Å². The molecule has 226 valence electrons. The van der Waals surface area contributed by atoms with Gasteiger partial charge >= 0.3 is 5.97 Å². The molecule has 2 fully saturated rings. The van der Waals surface area contributed by atoms with Gasteiger partial charge in [0.1, 0.15) is 28.1 Å². The molecular formula is C31H36N6O5S. The number of esters is 1. The van der Waals surface area contributed by atoms with E-state index in [1.54, 1.807) is 6.20 Å². The van der Waals surface area contributed by atoms with Gasteiger partial charge in [0.15, 0.2) is 5.82 Å². The molecule has 3 aromatic heterocycles. The van der Waals surface area contributed by atoms with Crippen molar-refractivity contribution in [2.75, 3.05) is 13.7 Å². The number of nitrogens with one attached hydrogen (secondary N) is 1. The molecule has 5 heterocycles. The number of carbonyl (C=O) groups excluding carboxylic acids is 3. The Morgan fingerprint density at radius 1 is 1.21 bits per heavy atom. The number of fused-ring (bicyclic) bond motifs is 3. The quantitative estimate of drug-likeness (QED) is 0.338. The van der Waals surface area contributed by atoms with Crippen LogP contribution in [0.4, 0.5) is 0 Å². The van der Waals surface area contributed by atoms with E-state index in [0.29, 0.717) is 30.2 Å². The van der Waals surface area contributed by atoms with Gasteiger partial charge < -0.3 is 25.4 Å². The summed E-state index contributed by atoms with van der Waals surface area (Å²) in [6.07, 6.45) is 9.98. The van der Waals surface area contributed by atoms with Gasteiger partial charge in [0.25, 0.3) is 0 Å². The molecule has 0 aromatic carbocycles. The number of aryl methyl sites for hydroxylation is 1. The largest absolute Gasteiger partial charge is 0.471 e. The molecule has 3 aromatic rings. The summed E-state index contributed by atoms with van der Waals surface area (Å²) in [5.41, 5.74) is 7.61. The lowest BCUT2D eigenvalue weighted by Crippen LogP contribution is -2.55. The van der Waals surface area contributed by atoms with Gasteiger partial charge in [-0.25, -0.2) is 9.78 Å². The van der Waals surface area contributed by atoms with Crippen molar-refractivity contribution in [2.24, 2.45) is 11.7 Å². The van der Waals surface area contributed by atoms with Crippen molar-refractivity contribution in [3.05, 3.63) is 47.5 Å². The predicted octanol–water partition coefficient (Wildman–Crippen LogP) is 3.31. The predicted molar refractivity (Wildman–Crippen MR) is 161 cm³/mol. The first-order chi connectivity index (χ1) is 20.8. The lowest BCUT2D eigenvalue weighted by molar-refractivity contribution is -0.148. The minimum atomic E-state index is -1.14. The van der Waals surface area contributed by atoms with Gasteiger partial charge in [-0.05, 0) is 55.7 Å². The number of rotatable bonds is 4. The molecule has 6 rings (SSSR count). The van der Waals surface area contributed by atoms with Crippen molar-refractivity contribution in [3.63, 3.8) is 0 Å². The first kappa shape index (κ1) is 29.2. The van der Waals surface area contributed by atoms with Crippen LogP contribution in [0.2, 0.25) is 0 Å². The molecule has 1 saturated heterocycles.